The second-order valence-electron chi connectivity index (χ2n) is 6.45. The van der Waals surface area contributed by atoms with E-state index in [1.54, 1.807) is 24.3 Å². The van der Waals surface area contributed by atoms with Gasteiger partial charge >= 0.3 is 5.97 Å². The van der Waals surface area contributed by atoms with Gasteiger partial charge in [-0.2, -0.15) is 5.10 Å². The smallest absolute Gasteiger partial charge is 0.355 e. The summed E-state index contributed by atoms with van der Waals surface area (Å²) in [5.41, 5.74) is 1.49. The summed E-state index contributed by atoms with van der Waals surface area (Å²) in [7, 11) is 1.17. The fourth-order valence-electron chi connectivity index (χ4n) is 3.61. The van der Waals surface area contributed by atoms with Gasteiger partial charge < -0.3 is 4.74 Å². The molecule has 29 heavy (non-hydrogen) atoms. The molecule has 4 rings (SSSR count). The summed E-state index contributed by atoms with van der Waals surface area (Å²) in [4.78, 5) is 40.1. The molecule has 7 nitrogen and oxygen atoms in total. The first-order valence-corrected chi connectivity index (χ1v) is 9.46. The van der Waals surface area contributed by atoms with Gasteiger partial charge in [-0.1, -0.05) is 46.9 Å². The molecule has 0 bridgehead atoms. The lowest BCUT2D eigenvalue weighted by molar-refractivity contribution is -0.133. The summed E-state index contributed by atoms with van der Waals surface area (Å²) in [6, 6.07) is 10.7. The van der Waals surface area contributed by atoms with Crippen molar-refractivity contribution in [1.82, 2.24) is 5.43 Å². The Balaban J connectivity index is 1.91. The minimum absolute atomic E-state index is 0.186. The van der Waals surface area contributed by atoms with Crippen LogP contribution >= 0.6 is 34.8 Å². The minimum Gasteiger partial charge on any atom is -0.464 e. The largest absolute Gasteiger partial charge is 0.464 e. The number of imide groups is 1. The van der Waals surface area contributed by atoms with Crippen LogP contribution in [0.4, 0.5) is 5.69 Å². The Morgan fingerprint density at radius 2 is 1.69 bits per heavy atom. The van der Waals surface area contributed by atoms with E-state index in [1.807, 2.05) is 0 Å². The predicted molar refractivity (Wildman–Crippen MR) is 108 cm³/mol. The first-order valence-electron chi connectivity index (χ1n) is 8.33. The number of carbonyl (C=O) groups is 3. The number of rotatable bonds is 3. The maximum atomic E-state index is 13.6. The molecule has 2 aromatic rings. The molecule has 1 N–H and O–H groups in total. The van der Waals surface area contributed by atoms with Crippen LogP contribution in [-0.4, -0.2) is 30.6 Å². The molecule has 1 saturated heterocycles. The summed E-state index contributed by atoms with van der Waals surface area (Å²) in [5, 5.41) is 4.91. The summed E-state index contributed by atoms with van der Waals surface area (Å²) in [5.74, 6) is -3.33. The molecule has 0 spiro atoms. The van der Waals surface area contributed by atoms with Gasteiger partial charge in [0.1, 0.15) is 5.92 Å². The molecule has 10 heteroatoms. The highest BCUT2D eigenvalue weighted by atomic mass is 35.5. The monoisotopic (exact) mass is 451 g/mol. The number of methoxy groups -OCH3 is 1. The van der Waals surface area contributed by atoms with Crippen molar-refractivity contribution >= 4 is 64.0 Å². The van der Waals surface area contributed by atoms with Crippen molar-refractivity contribution in [3.63, 3.8) is 0 Å². The predicted octanol–water partition coefficient (Wildman–Crippen LogP) is 3.16. The number of nitrogens with zero attached hydrogens (tertiary/aromatic N) is 2. The van der Waals surface area contributed by atoms with Gasteiger partial charge in [0.05, 0.1) is 12.8 Å². The van der Waals surface area contributed by atoms with Crippen molar-refractivity contribution in [2.24, 2.45) is 11.0 Å². The van der Waals surface area contributed by atoms with Crippen molar-refractivity contribution < 1.29 is 19.1 Å². The van der Waals surface area contributed by atoms with E-state index in [1.165, 1.54) is 25.3 Å². The number of carbonyl (C=O) groups excluding carboxylic acids is 3. The molecule has 2 heterocycles. The van der Waals surface area contributed by atoms with E-state index in [2.05, 4.69) is 10.5 Å². The molecule has 2 aliphatic rings. The number of anilines is 1. The highest BCUT2D eigenvalue weighted by molar-refractivity contribution is 6.47. The van der Waals surface area contributed by atoms with Gasteiger partial charge in [0, 0.05) is 15.1 Å². The standard InChI is InChI=1S/C19H12Cl3N3O4/c1-29-17(27)15-14-16(26)25(13-7-11(21)6-12(22)8-13)18(28)19(14,24-23-15)9-2-4-10(20)5-3-9/h2-8,14,24H,1H3/t14-,19+/m1/s1. The Kier molecular flexibility index (Phi) is 4.77. The zero-order chi connectivity index (χ0) is 20.9. The molecule has 148 valence electrons. The zero-order valence-electron chi connectivity index (χ0n) is 14.8. The molecule has 0 saturated carbocycles. The van der Waals surface area contributed by atoms with E-state index < -0.39 is 29.2 Å². The number of hydrazone groups is 1. The molecule has 2 aliphatic heterocycles. The fourth-order valence-corrected chi connectivity index (χ4v) is 4.25. The number of ether oxygens (including phenoxy) is 1. The van der Waals surface area contributed by atoms with E-state index in [0.717, 1.165) is 4.90 Å². The third kappa shape index (κ3) is 2.88. The Hall–Kier alpha value is -2.61. The number of fused-ring (bicyclic) bond motifs is 1. The van der Waals surface area contributed by atoms with Gasteiger partial charge in [-0.25, -0.2) is 9.69 Å². The zero-order valence-corrected chi connectivity index (χ0v) is 17.0. The number of hydrogen-bond acceptors (Lipinski definition) is 6. The van der Waals surface area contributed by atoms with Gasteiger partial charge in [0.25, 0.3) is 5.91 Å². The van der Waals surface area contributed by atoms with Crippen LogP contribution in [0, 0.1) is 5.92 Å². The molecule has 0 unspecified atom stereocenters. The third-order valence-corrected chi connectivity index (χ3v) is 5.55. The van der Waals surface area contributed by atoms with Crippen molar-refractivity contribution in [2.75, 3.05) is 12.0 Å². The molecule has 1 fully saturated rings. The Morgan fingerprint density at radius 3 is 2.28 bits per heavy atom. The maximum absolute atomic E-state index is 13.6. The van der Waals surface area contributed by atoms with Crippen LogP contribution in [-0.2, 0) is 24.7 Å². The lowest BCUT2D eigenvalue weighted by atomic mass is 9.79. The molecule has 2 aromatic carbocycles. The Bertz CT molecular complexity index is 1070. The quantitative estimate of drug-likeness (QED) is 0.571. The number of amides is 2. The third-order valence-electron chi connectivity index (χ3n) is 4.87. The van der Waals surface area contributed by atoms with Gasteiger partial charge in [0.15, 0.2) is 11.3 Å². The van der Waals surface area contributed by atoms with Gasteiger partial charge in [-0.05, 0) is 35.9 Å². The van der Waals surface area contributed by atoms with E-state index in [9.17, 15) is 14.4 Å². The number of hydrogen-bond donors (Lipinski definition) is 1. The summed E-state index contributed by atoms with van der Waals surface area (Å²) >= 11 is 18.1. The van der Waals surface area contributed by atoms with Gasteiger partial charge in [0.2, 0.25) is 5.91 Å². The Labute approximate surface area is 180 Å². The summed E-state index contributed by atoms with van der Waals surface area (Å²) < 4.78 is 4.75. The number of esters is 1. The van der Waals surface area contributed by atoms with Crippen LogP contribution in [0.15, 0.2) is 47.6 Å². The topological polar surface area (TPSA) is 88.1 Å². The van der Waals surface area contributed by atoms with E-state index in [-0.39, 0.29) is 21.4 Å². The SMILES string of the molecule is COC(=O)C1=NN[C@]2(c3ccc(Cl)cc3)C(=O)N(c3cc(Cl)cc(Cl)c3)C(=O)[C@@H]12. The lowest BCUT2D eigenvalue weighted by Crippen LogP contribution is -2.48. The summed E-state index contributed by atoms with van der Waals surface area (Å²) in [6.07, 6.45) is 0. The molecular formula is C19H12Cl3N3O4. The van der Waals surface area contributed by atoms with Crippen LogP contribution in [0.2, 0.25) is 15.1 Å². The van der Waals surface area contributed by atoms with Crippen LogP contribution < -0.4 is 10.3 Å². The average Bonchev–Trinajstić information content (AvgIpc) is 3.17. The number of nitrogens with one attached hydrogen (secondary N) is 1. The maximum Gasteiger partial charge on any atom is 0.355 e. The second-order valence-corrected chi connectivity index (χ2v) is 7.76. The lowest BCUT2D eigenvalue weighted by Gasteiger charge is -2.26. The van der Waals surface area contributed by atoms with Crippen molar-refractivity contribution in [2.45, 2.75) is 5.54 Å². The first-order chi connectivity index (χ1) is 13.8. The van der Waals surface area contributed by atoms with Crippen LogP contribution in [0.25, 0.3) is 0 Å². The number of halogens is 3. The molecule has 0 aromatic heterocycles. The molecule has 2 atom stereocenters. The first kappa shape index (κ1) is 19.7. The van der Waals surface area contributed by atoms with Crippen molar-refractivity contribution in [1.29, 1.82) is 0 Å². The fraction of sp³-hybridized carbons (Fsp3) is 0.158. The average molecular weight is 453 g/mol. The van der Waals surface area contributed by atoms with Crippen LogP contribution in [0.5, 0.6) is 0 Å². The van der Waals surface area contributed by atoms with E-state index in [0.29, 0.717) is 10.6 Å². The van der Waals surface area contributed by atoms with E-state index in [4.69, 9.17) is 39.5 Å². The van der Waals surface area contributed by atoms with E-state index >= 15 is 0 Å². The van der Waals surface area contributed by atoms with Gasteiger partial charge in [-0.3, -0.25) is 15.0 Å². The molecule has 0 aliphatic carbocycles. The molecule has 2 amide bonds. The van der Waals surface area contributed by atoms with Gasteiger partial charge in [-0.15, -0.1) is 0 Å². The van der Waals surface area contributed by atoms with Crippen molar-refractivity contribution in [3.05, 3.63) is 63.1 Å². The number of benzene rings is 2. The highest BCUT2D eigenvalue weighted by Gasteiger charge is 2.67. The second kappa shape index (κ2) is 7.02. The summed E-state index contributed by atoms with van der Waals surface area (Å²) in [6.45, 7) is 0. The molecular weight excluding hydrogens is 441 g/mol. The van der Waals surface area contributed by atoms with Crippen LogP contribution in [0.3, 0.4) is 0 Å². The Morgan fingerprint density at radius 1 is 1.07 bits per heavy atom. The normalized spacial score (nSPS) is 23.0. The van der Waals surface area contributed by atoms with Crippen molar-refractivity contribution in [3.8, 4) is 0 Å². The van der Waals surface area contributed by atoms with Crippen LogP contribution in [0.1, 0.15) is 5.56 Å². The minimum atomic E-state index is -1.63. The highest BCUT2D eigenvalue weighted by Crippen LogP contribution is 2.45. The molecule has 0 radical (unpaired) electrons.